The van der Waals surface area contributed by atoms with Crippen LogP contribution in [0.3, 0.4) is 0 Å². The van der Waals surface area contributed by atoms with Gasteiger partial charge in [-0.25, -0.2) is 0 Å². The maximum Gasteiger partial charge on any atom is 0.220 e. The molecule has 282 valence electrons. The standard InChI is InChI=1S/C44H50ClN5O4/c1-31-35(9-6-10-37(31)38-11-7-12-40(32(38)2)52-20-8-18-50-19-15-44(30-50)14-13-43(51)48-44)29-54-42-23-41(53-28-34-21-33(24-46)25-47-26-34)36(22-39(42)45)27-49-16-4-3-5-17-49/h6-7,9-12,21-23,25-26H,3-5,8,13-20,27-30H2,1-2H3,(H,48,51). The van der Waals surface area contributed by atoms with Gasteiger partial charge in [0.05, 0.1) is 22.7 Å². The first-order chi connectivity index (χ1) is 26.3. The predicted molar refractivity (Wildman–Crippen MR) is 211 cm³/mol. The molecule has 9 nitrogen and oxygen atoms in total. The Hall–Kier alpha value is -4.62. The van der Waals surface area contributed by atoms with Gasteiger partial charge in [-0.05, 0) is 105 Å². The minimum Gasteiger partial charge on any atom is -0.493 e. The Kier molecular flexibility index (Phi) is 12.0. The fourth-order valence-electron chi connectivity index (χ4n) is 8.14. The number of hydrogen-bond acceptors (Lipinski definition) is 8. The SMILES string of the molecule is Cc1c(COc2cc(OCc3cncc(C#N)c3)c(CN3CCCCC3)cc2Cl)cccc1-c1cccc(OCCCN2CCC3(CCC(=O)N3)C2)c1C. The Morgan fingerprint density at radius 3 is 2.44 bits per heavy atom. The van der Waals surface area contributed by atoms with E-state index in [1.807, 2.05) is 18.2 Å². The summed E-state index contributed by atoms with van der Waals surface area (Å²) in [5.74, 6) is 2.36. The van der Waals surface area contributed by atoms with Gasteiger partial charge in [-0.2, -0.15) is 5.26 Å². The van der Waals surface area contributed by atoms with E-state index in [0.717, 1.165) is 103 Å². The minimum atomic E-state index is -0.00737. The van der Waals surface area contributed by atoms with Crippen LogP contribution >= 0.6 is 11.6 Å². The molecular formula is C44H50ClN5O4. The van der Waals surface area contributed by atoms with Crippen LogP contribution in [0.5, 0.6) is 17.2 Å². The Morgan fingerprint density at radius 1 is 0.852 bits per heavy atom. The van der Waals surface area contributed by atoms with Crippen LogP contribution in [0.1, 0.15) is 78.3 Å². The molecule has 1 spiro atoms. The number of piperidine rings is 1. The van der Waals surface area contributed by atoms with Gasteiger partial charge in [-0.1, -0.05) is 48.4 Å². The number of nitrogens with zero attached hydrogens (tertiary/aromatic N) is 4. The van der Waals surface area contributed by atoms with E-state index in [9.17, 15) is 10.1 Å². The zero-order chi connectivity index (χ0) is 37.5. The summed E-state index contributed by atoms with van der Waals surface area (Å²) in [4.78, 5) is 20.9. The average Bonchev–Trinajstić information content (AvgIpc) is 3.77. The Balaban J connectivity index is 1.01. The lowest BCUT2D eigenvalue weighted by Gasteiger charge is -2.27. The Morgan fingerprint density at radius 2 is 1.65 bits per heavy atom. The summed E-state index contributed by atoms with van der Waals surface area (Å²) in [6.07, 6.45) is 10.5. The highest BCUT2D eigenvalue weighted by atomic mass is 35.5. The molecule has 3 saturated heterocycles. The molecule has 10 heteroatoms. The molecule has 0 aliphatic carbocycles. The fourth-order valence-corrected chi connectivity index (χ4v) is 8.38. The second-order valence-electron chi connectivity index (χ2n) is 15.1. The maximum atomic E-state index is 11.8. The van der Waals surface area contributed by atoms with E-state index in [2.05, 4.69) is 70.3 Å². The van der Waals surface area contributed by atoms with Crippen molar-refractivity contribution in [3.63, 3.8) is 0 Å². The second-order valence-corrected chi connectivity index (χ2v) is 15.5. The van der Waals surface area contributed by atoms with Gasteiger partial charge in [0, 0.05) is 62.2 Å². The van der Waals surface area contributed by atoms with E-state index < -0.39 is 0 Å². The molecule has 1 atom stereocenters. The van der Waals surface area contributed by atoms with Crippen molar-refractivity contribution in [1.29, 1.82) is 5.26 Å². The van der Waals surface area contributed by atoms with E-state index in [1.165, 1.54) is 19.3 Å². The van der Waals surface area contributed by atoms with Crippen LogP contribution in [0.25, 0.3) is 11.1 Å². The van der Waals surface area contributed by atoms with E-state index in [4.69, 9.17) is 25.8 Å². The zero-order valence-electron chi connectivity index (χ0n) is 31.5. The molecule has 1 unspecified atom stereocenters. The third-order valence-electron chi connectivity index (χ3n) is 11.2. The number of aromatic nitrogens is 1. The normalized spacial score (nSPS) is 18.8. The van der Waals surface area contributed by atoms with Gasteiger partial charge in [-0.3, -0.25) is 14.7 Å². The number of nitriles is 1. The highest BCUT2D eigenvalue weighted by Crippen LogP contribution is 2.37. The number of benzene rings is 3. The predicted octanol–water partition coefficient (Wildman–Crippen LogP) is 8.16. The quantitative estimate of drug-likeness (QED) is 0.129. The molecule has 3 aromatic carbocycles. The highest BCUT2D eigenvalue weighted by molar-refractivity contribution is 6.32. The summed E-state index contributed by atoms with van der Waals surface area (Å²) in [6.45, 7) is 11.3. The number of ether oxygens (including phenoxy) is 3. The monoisotopic (exact) mass is 747 g/mol. The van der Waals surface area contributed by atoms with Crippen molar-refractivity contribution in [2.45, 2.75) is 84.1 Å². The van der Waals surface area contributed by atoms with Crippen LogP contribution < -0.4 is 19.5 Å². The average molecular weight is 748 g/mol. The largest absolute Gasteiger partial charge is 0.493 e. The third-order valence-corrected chi connectivity index (χ3v) is 11.5. The van der Waals surface area contributed by atoms with Gasteiger partial charge < -0.3 is 24.4 Å². The first kappa shape index (κ1) is 37.7. The van der Waals surface area contributed by atoms with Crippen molar-refractivity contribution in [2.75, 3.05) is 39.3 Å². The van der Waals surface area contributed by atoms with Gasteiger partial charge >= 0.3 is 0 Å². The van der Waals surface area contributed by atoms with Gasteiger partial charge in [0.1, 0.15) is 36.5 Å². The first-order valence-corrected chi connectivity index (χ1v) is 19.7. The second kappa shape index (κ2) is 17.2. The van der Waals surface area contributed by atoms with Crippen LogP contribution in [-0.2, 0) is 24.6 Å². The van der Waals surface area contributed by atoms with Crippen LogP contribution in [0.2, 0.25) is 5.02 Å². The van der Waals surface area contributed by atoms with Gasteiger partial charge in [-0.15, -0.1) is 0 Å². The smallest absolute Gasteiger partial charge is 0.220 e. The molecule has 0 saturated carbocycles. The van der Waals surface area contributed by atoms with Gasteiger partial charge in [0.15, 0.2) is 0 Å². The van der Waals surface area contributed by atoms with E-state index in [1.54, 1.807) is 18.5 Å². The minimum absolute atomic E-state index is 0.00737. The molecule has 0 bridgehead atoms. The van der Waals surface area contributed by atoms with Gasteiger partial charge in [0.25, 0.3) is 0 Å². The Labute approximate surface area is 324 Å². The number of nitrogens with one attached hydrogen (secondary N) is 1. The van der Waals surface area contributed by atoms with Crippen molar-refractivity contribution in [1.82, 2.24) is 20.1 Å². The van der Waals surface area contributed by atoms with E-state index in [-0.39, 0.29) is 18.1 Å². The number of pyridine rings is 1. The van der Waals surface area contributed by atoms with Crippen LogP contribution in [0, 0.1) is 25.2 Å². The molecule has 1 amide bonds. The highest BCUT2D eigenvalue weighted by Gasteiger charge is 2.42. The number of amides is 1. The number of halogens is 1. The molecule has 0 radical (unpaired) electrons. The van der Waals surface area contributed by atoms with Crippen molar-refractivity contribution in [3.8, 4) is 34.4 Å². The van der Waals surface area contributed by atoms with E-state index in [0.29, 0.717) is 41.7 Å². The summed E-state index contributed by atoms with van der Waals surface area (Å²) in [6, 6.07) is 20.4. The van der Waals surface area contributed by atoms with E-state index >= 15 is 0 Å². The summed E-state index contributed by atoms with van der Waals surface area (Å²) in [5, 5.41) is 13.1. The molecule has 4 aromatic rings. The van der Waals surface area contributed by atoms with Crippen molar-refractivity contribution < 1.29 is 19.0 Å². The lowest BCUT2D eigenvalue weighted by atomic mass is 9.93. The molecule has 54 heavy (non-hydrogen) atoms. The number of carbonyl (C=O) groups excluding carboxylic acids is 1. The summed E-state index contributed by atoms with van der Waals surface area (Å²) in [7, 11) is 0. The number of carbonyl (C=O) groups is 1. The lowest BCUT2D eigenvalue weighted by Crippen LogP contribution is -2.44. The van der Waals surface area contributed by atoms with Crippen molar-refractivity contribution in [3.05, 3.63) is 105 Å². The zero-order valence-corrected chi connectivity index (χ0v) is 32.2. The van der Waals surface area contributed by atoms with Crippen molar-refractivity contribution >= 4 is 17.5 Å². The van der Waals surface area contributed by atoms with Crippen LogP contribution in [0.4, 0.5) is 0 Å². The molecular weight excluding hydrogens is 698 g/mol. The molecule has 7 rings (SSSR count). The molecule has 3 aliphatic rings. The fraction of sp³-hybridized carbons (Fsp3) is 0.432. The summed E-state index contributed by atoms with van der Waals surface area (Å²) in [5.41, 5.74) is 7.91. The van der Waals surface area contributed by atoms with Gasteiger partial charge in [0.2, 0.25) is 5.91 Å². The molecule has 4 heterocycles. The number of hydrogen-bond donors (Lipinski definition) is 1. The third kappa shape index (κ3) is 9.01. The van der Waals surface area contributed by atoms with Crippen LogP contribution in [-0.4, -0.2) is 65.6 Å². The lowest BCUT2D eigenvalue weighted by molar-refractivity contribution is -0.119. The van der Waals surface area contributed by atoms with Crippen LogP contribution in [0.15, 0.2) is 67.0 Å². The van der Waals surface area contributed by atoms with Crippen molar-refractivity contribution in [2.24, 2.45) is 0 Å². The molecule has 1 N–H and O–H groups in total. The summed E-state index contributed by atoms with van der Waals surface area (Å²) >= 11 is 6.89. The first-order valence-electron chi connectivity index (χ1n) is 19.3. The molecule has 3 aliphatic heterocycles. The molecule has 3 fully saturated rings. The number of rotatable bonds is 14. The molecule has 1 aromatic heterocycles. The summed E-state index contributed by atoms with van der Waals surface area (Å²) < 4.78 is 19.2. The Bertz CT molecular complexity index is 2010. The topological polar surface area (TPSA) is 99.9 Å². The number of likely N-dealkylation sites (tertiary alicyclic amines) is 2. The maximum absolute atomic E-state index is 11.8.